The smallest absolute Gasteiger partial charge is 0.410 e. The number of nitrogens with zero attached hydrogens (tertiary/aromatic N) is 6. The van der Waals surface area contributed by atoms with Crippen molar-refractivity contribution >= 4 is 34.4 Å². The molecule has 9 heteroatoms. The van der Waals surface area contributed by atoms with Crippen molar-refractivity contribution in [2.24, 2.45) is 0 Å². The summed E-state index contributed by atoms with van der Waals surface area (Å²) < 4.78 is 5.49. The van der Waals surface area contributed by atoms with Gasteiger partial charge in [-0.2, -0.15) is 5.26 Å². The third-order valence-electron chi connectivity index (χ3n) is 4.20. The number of nitriles is 1. The Balaban J connectivity index is 1.85. The third kappa shape index (κ3) is 4.37. The number of halogens is 1. The van der Waals surface area contributed by atoms with E-state index in [1.54, 1.807) is 17.2 Å². The maximum atomic E-state index is 12.5. The summed E-state index contributed by atoms with van der Waals surface area (Å²) in [5.74, 6) is 0.718. The van der Waals surface area contributed by atoms with Gasteiger partial charge < -0.3 is 14.5 Å². The van der Waals surface area contributed by atoms with E-state index in [1.165, 1.54) is 6.33 Å². The Labute approximate surface area is 162 Å². The summed E-state index contributed by atoms with van der Waals surface area (Å²) in [6.07, 6.45) is 2.94. The number of fused-ring (bicyclic) bond motifs is 1. The number of pyridine rings is 1. The van der Waals surface area contributed by atoms with E-state index in [1.807, 2.05) is 25.7 Å². The molecule has 1 aliphatic rings. The minimum atomic E-state index is -0.584. The fourth-order valence-corrected chi connectivity index (χ4v) is 3.21. The van der Waals surface area contributed by atoms with E-state index in [9.17, 15) is 10.1 Å². The van der Waals surface area contributed by atoms with Crippen molar-refractivity contribution in [1.29, 1.82) is 5.26 Å². The van der Waals surface area contributed by atoms with Crippen molar-refractivity contribution in [1.82, 2.24) is 19.9 Å². The van der Waals surface area contributed by atoms with Crippen LogP contribution in [0, 0.1) is 11.3 Å². The molecule has 0 bridgehead atoms. The molecule has 1 aliphatic heterocycles. The zero-order valence-electron chi connectivity index (χ0n) is 15.5. The number of anilines is 1. The van der Waals surface area contributed by atoms with E-state index in [0.29, 0.717) is 30.3 Å². The summed E-state index contributed by atoms with van der Waals surface area (Å²) in [6, 6.07) is 3.56. The van der Waals surface area contributed by atoms with Gasteiger partial charge in [0.2, 0.25) is 0 Å². The number of hydrogen-bond acceptors (Lipinski definition) is 7. The lowest BCUT2D eigenvalue weighted by Crippen LogP contribution is -2.56. The fourth-order valence-electron chi connectivity index (χ4n) is 3.06. The predicted molar refractivity (Wildman–Crippen MR) is 102 cm³/mol. The molecule has 8 nitrogen and oxygen atoms in total. The Bertz CT molecular complexity index is 892. The summed E-state index contributed by atoms with van der Waals surface area (Å²) >= 11 is 5.95. The zero-order chi connectivity index (χ0) is 19.6. The van der Waals surface area contributed by atoms with Gasteiger partial charge in [-0.25, -0.2) is 19.7 Å². The Kier molecular flexibility index (Phi) is 5.33. The topological polar surface area (TPSA) is 95.2 Å². The van der Waals surface area contributed by atoms with Crippen LogP contribution in [0.5, 0.6) is 0 Å². The van der Waals surface area contributed by atoms with Crippen molar-refractivity contribution in [3.63, 3.8) is 0 Å². The fraction of sp³-hybridized carbons (Fsp3) is 0.500. The molecule has 0 N–H and O–H groups in total. The van der Waals surface area contributed by atoms with E-state index >= 15 is 0 Å². The number of amides is 1. The van der Waals surface area contributed by atoms with Gasteiger partial charge in [0.25, 0.3) is 0 Å². The van der Waals surface area contributed by atoms with E-state index in [-0.39, 0.29) is 12.5 Å². The first-order chi connectivity index (χ1) is 12.8. The van der Waals surface area contributed by atoms with Crippen LogP contribution in [0.2, 0.25) is 5.15 Å². The standard InChI is InChI=1S/C18H21ClN6O2/c1-18(2,3)27-17(26)25-7-6-24(10-12(25)4-5-20)16-13-9-21-15(19)8-14(13)22-11-23-16/h8-9,11-12H,4,6-7,10H2,1-3H3/t12-/m0/s1. The predicted octanol–water partition coefficient (Wildman–Crippen LogP) is 3.02. The van der Waals surface area contributed by atoms with Crippen molar-refractivity contribution in [2.75, 3.05) is 24.5 Å². The lowest BCUT2D eigenvalue weighted by atomic mass is 10.1. The van der Waals surface area contributed by atoms with Crippen LogP contribution in [0.4, 0.5) is 10.6 Å². The highest BCUT2D eigenvalue weighted by Gasteiger charge is 2.34. The highest BCUT2D eigenvalue weighted by Crippen LogP contribution is 2.27. The number of piperazine rings is 1. The molecule has 27 heavy (non-hydrogen) atoms. The van der Waals surface area contributed by atoms with Crippen molar-refractivity contribution in [3.05, 3.63) is 23.7 Å². The Morgan fingerprint density at radius 3 is 2.85 bits per heavy atom. The average Bonchev–Trinajstić information content (AvgIpc) is 2.59. The second kappa shape index (κ2) is 7.53. The van der Waals surface area contributed by atoms with Crippen molar-refractivity contribution in [3.8, 4) is 6.07 Å². The molecule has 1 atom stereocenters. The highest BCUT2D eigenvalue weighted by atomic mass is 35.5. The van der Waals surface area contributed by atoms with E-state index in [4.69, 9.17) is 16.3 Å². The zero-order valence-corrected chi connectivity index (χ0v) is 16.3. The second-order valence-electron chi connectivity index (χ2n) is 7.36. The van der Waals surface area contributed by atoms with Crippen LogP contribution in [-0.2, 0) is 4.74 Å². The van der Waals surface area contributed by atoms with Gasteiger partial charge >= 0.3 is 6.09 Å². The molecule has 0 saturated carbocycles. The number of ether oxygens (including phenoxy) is 1. The molecular weight excluding hydrogens is 368 g/mol. The molecular formula is C18H21ClN6O2. The Morgan fingerprint density at radius 1 is 1.37 bits per heavy atom. The molecule has 3 heterocycles. The number of carbonyl (C=O) groups excluding carboxylic acids is 1. The van der Waals surface area contributed by atoms with Crippen LogP contribution < -0.4 is 4.90 Å². The first-order valence-corrected chi connectivity index (χ1v) is 9.04. The quantitative estimate of drug-likeness (QED) is 0.729. The first-order valence-electron chi connectivity index (χ1n) is 8.66. The molecule has 2 aromatic rings. The number of aromatic nitrogens is 3. The van der Waals surface area contributed by atoms with Gasteiger partial charge in [0, 0.05) is 31.9 Å². The lowest BCUT2D eigenvalue weighted by Gasteiger charge is -2.41. The molecule has 142 valence electrons. The van der Waals surface area contributed by atoms with E-state index in [2.05, 4.69) is 21.0 Å². The molecule has 0 aliphatic carbocycles. The normalized spacial score (nSPS) is 17.7. The van der Waals surface area contributed by atoms with Crippen LogP contribution in [0.15, 0.2) is 18.6 Å². The van der Waals surface area contributed by atoms with E-state index < -0.39 is 11.7 Å². The van der Waals surface area contributed by atoms with Gasteiger partial charge in [0.15, 0.2) is 0 Å². The van der Waals surface area contributed by atoms with E-state index in [0.717, 1.165) is 11.2 Å². The monoisotopic (exact) mass is 388 g/mol. The summed E-state index contributed by atoms with van der Waals surface area (Å²) in [7, 11) is 0. The second-order valence-corrected chi connectivity index (χ2v) is 7.74. The molecule has 0 unspecified atom stereocenters. The average molecular weight is 389 g/mol. The van der Waals surface area contributed by atoms with Gasteiger partial charge in [-0.05, 0) is 20.8 Å². The molecule has 0 radical (unpaired) electrons. The number of hydrogen-bond donors (Lipinski definition) is 0. The van der Waals surface area contributed by atoms with Crippen LogP contribution in [0.25, 0.3) is 10.9 Å². The molecule has 0 aromatic carbocycles. The molecule has 1 saturated heterocycles. The number of carbonyl (C=O) groups is 1. The van der Waals surface area contributed by atoms with Gasteiger partial charge in [-0.15, -0.1) is 0 Å². The van der Waals surface area contributed by atoms with Crippen LogP contribution >= 0.6 is 11.6 Å². The van der Waals surface area contributed by atoms with Crippen LogP contribution in [-0.4, -0.2) is 57.2 Å². The molecule has 0 spiro atoms. The Hall–Kier alpha value is -2.66. The van der Waals surface area contributed by atoms with Gasteiger partial charge in [-0.3, -0.25) is 0 Å². The first kappa shape index (κ1) is 19.1. The lowest BCUT2D eigenvalue weighted by molar-refractivity contribution is 0.0145. The maximum Gasteiger partial charge on any atom is 0.410 e. The summed E-state index contributed by atoms with van der Waals surface area (Å²) in [5.41, 5.74) is 0.116. The summed E-state index contributed by atoms with van der Waals surface area (Å²) in [6.45, 7) is 6.95. The molecule has 1 amide bonds. The summed E-state index contributed by atoms with van der Waals surface area (Å²) in [5, 5.41) is 10.4. The SMILES string of the molecule is CC(C)(C)OC(=O)N1CCN(c2ncnc3cc(Cl)ncc23)C[C@@H]1CC#N. The Morgan fingerprint density at radius 2 is 2.15 bits per heavy atom. The van der Waals surface area contributed by atoms with Crippen molar-refractivity contribution < 1.29 is 9.53 Å². The van der Waals surface area contributed by atoms with Crippen LogP contribution in [0.1, 0.15) is 27.2 Å². The molecule has 2 aromatic heterocycles. The van der Waals surface area contributed by atoms with Gasteiger partial charge in [0.05, 0.1) is 29.4 Å². The summed E-state index contributed by atoms with van der Waals surface area (Å²) in [4.78, 5) is 28.9. The third-order valence-corrected chi connectivity index (χ3v) is 4.41. The van der Waals surface area contributed by atoms with Crippen LogP contribution in [0.3, 0.4) is 0 Å². The van der Waals surface area contributed by atoms with Crippen molar-refractivity contribution in [2.45, 2.75) is 38.8 Å². The largest absolute Gasteiger partial charge is 0.444 e. The number of rotatable bonds is 2. The highest BCUT2D eigenvalue weighted by molar-refractivity contribution is 6.30. The minimum absolute atomic E-state index is 0.211. The molecule has 3 rings (SSSR count). The molecule has 1 fully saturated rings. The minimum Gasteiger partial charge on any atom is -0.444 e. The van der Waals surface area contributed by atoms with Gasteiger partial charge in [0.1, 0.15) is 22.9 Å². The van der Waals surface area contributed by atoms with Gasteiger partial charge in [-0.1, -0.05) is 11.6 Å². The maximum absolute atomic E-state index is 12.5.